The lowest BCUT2D eigenvalue weighted by Gasteiger charge is -2.38. The van der Waals surface area contributed by atoms with E-state index in [2.05, 4.69) is 50.6 Å². The van der Waals surface area contributed by atoms with Gasteiger partial charge in [-0.25, -0.2) is 5.01 Å². The van der Waals surface area contributed by atoms with Crippen molar-refractivity contribution in [1.29, 1.82) is 0 Å². The molecule has 2 unspecified atom stereocenters. The fourth-order valence-electron chi connectivity index (χ4n) is 3.68. The summed E-state index contributed by atoms with van der Waals surface area (Å²) in [7, 11) is 1.67. The quantitative estimate of drug-likeness (QED) is 0.518. The zero-order valence-electron chi connectivity index (χ0n) is 14.6. The molecule has 3 aromatic rings. The van der Waals surface area contributed by atoms with Crippen LogP contribution in [-0.2, 0) is 0 Å². The first-order chi connectivity index (χ1) is 13.2. The maximum Gasteiger partial charge on any atom is 0.213 e. The molecule has 0 N–H and O–H groups in total. The molecular weight excluding hydrogens is 424 g/mol. The van der Waals surface area contributed by atoms with Crippen LogP contribution in [0.3, 0.4) is 0 Å². The van der Waals surface area contributed by atoms with Crippen LogP contribution in [0, 0.1) is 0 Å². The molecule has 0 saturated heterocycles. The number of fused-ring (bicyclic) bond motifs is 3. The van der Waals surface area contributed by atoms with Crippen LogP contribution < -0.4 is 9.47 Å². The first-order valence-corrected chi connectivity index (χ1v) is 10.4. The Balaban J connectivity index is 1.59. The van der Waals surface area contributed by atoms with E-state index in [0.717, 1.165) is 33.7 Å². The maximum atomic E-state index is 6.39. The van der Waals surface area contributed by atoms with Crippen molar-refractivity contribution in [3.8, 4) is 11.5 Å². The van der Waals surface area contributed by atoms with E-state index < -0.39 is 0 Å². The first-order valence-electron chi connectivity index (χ1n) is 8.73. The molecule has 0 amide bonds. The smallest absolute Gasteiger partial charge is 0.213 e. The summed E-state index contributed by atoms with van der Waals surface area (Å²) in [4.78, 5) is 1.22. The topological polar surface area (TPSA) is 34.1 Å². The van der Waals surface area contributed by atoms with Crippen molar-refractivity contribution in [2.24, 2.45) is 5.10 Å². The highest BCUT2D eigenvalue weighted by molar-refractivity contribution is 9.10. The minimum absolute atomic E-state index is 0.179. The monoisotopic (exact) mass is 440 g/mol. The molecule has 2 aliphatic heterocycles. The van der Waals surface area contributed by atoms with Gasteiger partial charge in [0.05, 0.1) is 28.2 Å². The highest BCUT2D eigenvalue weighted by atomic mass is 79.9. The largest absolute Gasteiger partial charge is 0.496 e. The van der Waals surface area contributed by atoms with E-state index in [9.17, 15) is 0 Å². The van der Waals surface area contributed by atoms with Crippen molar-refractivity contribution in [1.82, 2.24) is 5.01 Å². The van der Waals surface area contributed by atoms with Gasteiger partial charge in [-0.15, -0.1) is 11.3 Å². The molecule has 0 spiro atoms. The number of benzene rings is 2. The Morgan fingerprint density at radius 3 is 2.85 bits per heavy atom. The molecular formula is C21H17BrN2O2S. The van der Waals surface area contributed by atoms with Gasteiger partial charge >= 0.3 is 0 Å². The van der Waals surface area contributed by atoms with Crippen molar-refractivity contribution in [2.45, 2.75) is 18.7 Å². The summed E-state index contributed by atoms with van der Waals surface area (Å²) in [5.74, 6) is 1.73. The summed E-state index contributed by atoms with van der Waals surface area (Å²) in [6, 6.07) is 18.7. The van der Waals surface area contributed by atoms with Crippen LogP contribution in [-0.4, -0.2) is 17.8 Å². The van der Waals surface area contributed by atoms with Gasteiger partial charge in [-0.1, -0.05) is 24.3 Å². The van der Waals surface area contributed by atoms with Crippen molar-refractivity contribution in [3.05, 3.63) is 80.5 Å². The summed E-state index contributed by atoms with van der Waals surface area (Å²) in [6.45, 7) is 0. The zero-order valence-corrected chi connectivity index (χ0v) is 17.0. The van der Waals surface area contributed by atoms with Crippen molar-refractivity contribution < 1.29 is 9.47 Å². The van der Waals surface area contributed by atoms with E-state index in [0.29, 0.717) is 0 Å². The van der Waals surface area contributed by atoms with E-state index in [-0.39, 0.29) is 12.3 Å². The number of halogens is 1. The predicted octanol–water partition coefficient (Wildman–Crippen LogP) is 5.76. The number of ether oxygens (including phenoxy) is 2. The van der Waals surface area contributed by atoms with E-state index in [4.69, 9.17) is 14.6 Å². The molecule has 1 aromatic heterocycles. The number of hydrogen-bond donors (Lipinski definition) is 0. The molecule has 0 saturated carbocycles. The number of hydrogen-bond acceptors (Lipinski definition) is 5. The average molecular weight is 441 g/mol. The summed E-state index contributed by atoms with van der Waals surface area (Å²) >= 11 is 5.32. The van der Waals surface area contributed by atoms with Crippen LogP contribution in [0.5, 0.6) is 11.5 Å². The SMILES string of the molecule is COc1ccc(C2Oc3ccccc3C3CC(c4cccs4)=NN32)cc1Br. The van der Waals surface area contributed by atoms with Gasteiger partial charge in [-0.3, -0.25) is 0 Å². The van der Waals surface area contributed by atoms with E-state index >= 15 is 0 Å². The molecule has 0 fully saturated rings. The van der Waals surface area contributed by atoms with Crippen LogP contribution in [0.25, 0.3) is 0 Å². The predicted molar refractivity (Wildman–Crippen MR) is 111 cm³/mol. The molecule has 27 heavy (non-hydrogen) atoms. The molecule has 136 valence electrons. The molecule has 0 bridgehead atoms. The van der Waals surface area contributed by atoms with E-state index in [1.165, 1.54) is 10.4 Å². The Labute approximate surface area is 170 Å². The lowest BCUT2D eigenvalue weighted by atomic mass is 9.98. The lowest BCUT2D eigenvalue weighted by molar-refractivity contribution is -0.0190. The number of methoxy groups -OCH3 is 1. The van der Waals surface area contributed by atoms with Gasteiger partial charge in [-0.2, -0.15) is 5.10 Å². The van der Waals surface area contributed by atoms with Gasteiger partial charge in [0.2, 0.25) is 6.23 Å². The highest BCUT2D eigenvalue weighted by Crippen LogP contribution is 2.48. The lowest BCUT2D eigenvalue weighted by Crippen LogP contribution is -2.33. The molecule has 3 heterocycles. The molecule has 4 nitrogen and oxygen atoms in total. The van der Waals surface area contributed by atoms with Crippen LogP contribution in [0.4, 0.5) is 0 Å². The van der Waals surface area contributed by atoms with E-state index in [1.54, 1.807) is 18.4 Å². The maximum absolute atomic E-state index is 6.39. The number of para-hydroxylation sites is 1. The third-order valence-corrected chi connectivity index (χ3v) is 6.50. The first kappa shape index (κ1) is 16.8. The third kappa shape index (κ3) is 2.84. The van der Waals surface area contributed by atoms with E-state index in [1.807, 2.05) is 30.3 Å². The normalized spacial score (nSPS) is 20.5. The van der Waals surface area contributed by atoms with Crippen molar-refractivity contribution in [2.75, 3.05) is 7.11 Å². The fraction of sp³-hybridized carbons (Fsp3) is 0.190. The number of rotatable bonds is 3. The average Bonchev–Trinajstić information content (AvgIpc) is 3.37. The molecule has 0 aliphatic carbocycles. The second-order valence-electron chi connectivity index (χ2n) is 6.53. The summed E-state index contributed by atoms with van der Waals surface area (Å²) < 4.78 is 12.7. The number of hydrazone groups is 1. The van der Waals surface area contributed by atoms with Gasteiger partial charge < -0.3 is 9.47 Å². The van der Waals surface area contributed by atoms with Crippen LogP contribution in [0.1, 0.15) is 34.7 Å². The Hall–Kier alpha value is -2.31. The third-order valence-electron chi connectivity index (χ3n) is 4.97. The Morgan fingerprint density at radius 1 is 1.19 bits per heavy atom. The van der Waals surface area contributed by atoms with Gasteiger partial charge in [0.25, 0.3) is 0 Å². The molecule has 2 aromatic carbocycles. The molecule has 2 aliphatic rings. The fourth-order valence-corrected chi connectivity index (χ4v) is 4.96. The summed E-state index contributed by atoms with van der Waals surface area (Å²) in [5, 5.41) is 9.17. The summed E-state index contributed by atoms with van der Waals surface area (Å²) in [6.07, 6.45) is 0.610. The zero-order chi connectivity index (χ0) is 18.4. The number of thiophene rings is 1. The standard InChI is InChI=1S/C21H17BrN2O2S/c1-25-19-9-8-13(11-15(19)22)21-24-17(14-5-2-3-6-18(14)26-21)12-16(23-24)20-7-4-10-27-20/h2-11,17,21H,12H2,1H3. The van der Waals surface area contributed by atoms with Crippen LogP contribution >= 0.6 is 27.3 Å². The van der Waals surface area contributed by atoms with Gasteiger partial charge in [0.15, 0.2) is 0 Å². The second-order valence-corrected chi connectivity index (χ2v) is 8.33. The minimum atomic E-state index is -0.274. The molecule has 6 heteroatoms. The minimum Gasteiger partial charge on any atom is -0.496 e. The Kier molecular flexibility index (Phi) is 4.17. The molecule has 0 radical (unpaired) electrons. The van der Waals surface area contributed by atoms with Crippen molar-refractivity contribution >= 4 is 33.0 Å². The van der Waals surface area contributed by atoms with Crippen LogP contribution in [0.15, 0.2) is 69.6 Å². The second kappa shape index (κ2) is 6.69. The van der Waals surface area contributed by atoms with Gasteiger partial charge in [0.1, 0.15) is 11.5 Å². The number of nitrogens with zero attached hydrogens (tertiary/aromatic N) is 2. The molecule has 2 atom stereocenters. The van der Waals surface area contributed by atoms with Crippen LogP contribution in [0.2, 0.25) is 0 Å². The Bertz CT molecular complexity index is 1020. The van der Waals surface area contributed by atoms with Gasteiger partial charge in [0, 0.05) is 17.5 Å². The highest BCUT2D eigenvalue weighted by Gasteiger charge is 2.41. The van der Waals surface area contributed by atoms with Crippen molar-refractivity contribution in [3.63, 3.8) is 0 Å². The molecule has 5 rings (SSSR count). The summed E-state index contributed by atoms with van der Waals surface area (Å²) in [5.41, 5.74) is 3.35. The van der Waals surface area contributed by atoms with Gasteiger partial charge in [-0.05, 0) is 51.6 Å². The Morgan fingerprint density at radius 2 is 2.07 bits per heavy atom.